The molecule has 0 aliphatic heterocycles. The molecule has 2 rings (SSSR count). The van der Waals surface area contributed by atoms with Crippen LogP contribution in [0.5, 0.6) is 0 Å². The molecule has 0 bridgehead atoms. The quantitative estimate of drug-likeness (QED) is 0.240. The van der Waals surface area contributed by atoms with Crippen LogP contribution in [-0.2, 0) is 30.3 Å². The van der Waals surface area contributed by atoms with Gasteiger partial charge in [0.25, 0.3) is 0 Å². The number of hydrogen-bond acceptors (Lipinski definition) is 6. The van der Waals surface area contributed by atoms with Crippen molar-refractivity contribution in [1.82, 2.24) is 20.9 Å². The molecule has 3 unspecified atom stereocenters. The number of nitrogens with one attached hydrogen (secondary N) is 4. The number of hydrogen-bond donors (Lipinski definition) is 6. The number of fused-ring (bicyclic) bond motifs is 1. The molecule has 1 aromatic heterocycles. The van der Waals surface area contributed by atoms with Gasteiger partial charge in [-0.2, -0.15) is 0 Å². The second-order valence-corrected chi connectivity index (χ2v) is 10.5. The molecule has 3 atom stereocenters. The topological polar surface area (TPSA) is 187 Å². The van der Waals surface area contributed by atoms with Crippen molar-refractivity contribution in [2.75, 3.05) is 0 Å². The summed E-state index contributed by atoms with van der Waals surface area (Å²) >= 11 is 0. The van der Waals surface area contributed by atoms with Gasteiger partial charge in [-0.1, -0.05) is 32.0 Å². The summed E-state index contributed by atoms with van der Waals surface area (Å²) in [5.74, 6) is -4.53. The first-order valence-corrected chi connectivity index (χ1v) is 12.3. The van der Waals surface area contributed by atoms with Crippen LogP contribution < -0.4 is 16.0 Å². The van der Waals surface area contributed by atoms with E-state index in [1.807, 2.05) is 24.3 Å². The molecule has 12 heteroatoms. The van der Waals surface area contributed by atoms with Crippen molar-refractivity contribution in [2.24, 2.45) is 5.92 Å². The number of benzene rings is 1. The third-order valence-electron chi connectivity index (χ3n) is 5.44. The van der Waals surface area contributed by atoms with Crippen molar-refractivity contribution in [3.8, 4) is 0 Å². The first-order chi connectivity index (χ1) is 17.7. The van der Waals surface area contributed by atoms with Gasteiger partial charge in [0, 0.05) is 23.5 Å². The molecule has 0 aliphatic rings. The summed E-state index contributed by atoms with van der Waals surface area (Å²) in [5.41, 5.74) is 0.769. The van der Waals surface area contributed by atoms with Crippen molar-refractivity contribution in [3.63, 3.8) is 0 Å². The van der Waals surface area contributed by atoms with Crippen molar-refractivity contribution >= 4 is 40.7 Å². The van der Waals surface area contributed by atoms with Crippen LogP contribution in [0.25, 0.3) is 10.9 Å². The molecule has 38 heavy (non-hydrogen) atoms. The summed E-state index contributed by atoms with van der Waals surface area (Å²) in [6.45, 7) is 8.66. The minimum absolute atomic E-state index is 0.0713. The van der Waals surface area contributed by atoms with Crippen molar-refractivity contribution < 1.29 is 38.9 Å². The minimum atomic E-state index is -1.67. The second-order valence-electron chi connectivity index (χ2n) is 10.5. The summed E-state index contributed by atoms with van der Waals surface area (Å²) < 4.78 is 5.32. The fraction of sp³-hybridized carbons (Fsp3) is 0.500. The molecule has 0 aliphatic carbocycles. The Morgan fingerprint density at radius 2 is 1.53 bits per heavy atom. The van der Waals surface area contributed by atoms with Gasteiger partial charge in [-0.25, -0.2) is 9.59 Å². The average molecular weight is 533 g/mol. The maximum Gasteiger partial charge on any atom is 0.408 e. The molecular formula is C26H36N4O8. The SMILES string of the molecule is CC(C)CC(NC(=O)C(Cc1c[nH]c2ccccc12)NC(=O)OC(C)(C)C)C(=O)NC(CC(=O)O)C(=O)O. The Bertz CT molecular complexity index is 1170. The third kappa shape index (κ3) is 9.41. The Kier molecular flexibility index (Phi) is 10.3. The Hall–Kier alpha value is -4.09. The molecule has 0 radical (unpaired) electrons. The summed E-state index contributed by atoms with van der Waals surface area (Å²) in [5, 5.41) is 26.5. The molecular weight excluding hydrogens is 496 g/mol. The van der Waals surface area contributed by atoms with Crippen LogP contribution in [0.15, 0.2) is 30.5 Å². The van der Waals surface area contributed by atoms with Crippen LogP contribution in [0, 0.1) is 5.92 Å². The number of carboxylic acid groups (broad SMARTS) is 2. The maximum absolute atomic E-state index is 13.4. The predicted octanol–water partition coefficient (Wildman–Crippen LogP) is 2.18. The van der Waals surface area contributed by atoms with Crippen LogP contribution in [-0.4, -0.2) is 68.8 Å². The standard InChI is InChI=1S/C26H36N4O8/c1-14(2)10-18(22(33)29-20(24(35)36)12-21(31)32)28-23(34)19(30-25(37)38-26(3,4)5)11-15-13-27-17-9-7-6-8-16(15)17/h6-9,13-14,18-20,27H,10-12H2,1-5H3,(H,28,34)(H,29,33)(H,30,37)(H,31,32)(H,35,36). The van der Waals surface area contributed by atoms with Crippen molar-refractivity contribution in [3.05, 3.63) is 36.0 Å². The largest absolute Gasteiger partial charge is 0.481 e. The van der Waals surface area contributed by atoms with E-state index in [0.29, 0.717) is 0 Å². The lowest BCUT2D eigenvalue weighted by Crippen LogP contribution is -2.57. The predicted molar refractivity (Wildman–Crippen MR) is 138 cm³/mol. The van der Waals surface area contributed by atoms with E-state index >= 15 is 0 Å². The van der Waals surface area contributed by atoms with Crippen LogP contribution in [0.2, 0.25) is 0 Å². The van der Waals surface area contributed by atoms with Crippen LogP contribution in [0.3, 0.4) is 0 Å². The van der Waals surface area contributed by atoms with E-state index in [2.05, 4.69) is 20.9 Å². The number of amides is 3. The molecule has 0 spiro atoms. The molecule has 0 saturated heterocycles. The Labute approximate surface area is 220 Å². The molecule has 0 saturated carbocycles. The number of ether oxygens (including phenoxy) is 1. The van der Waals surface area contributed by atoms with E-state index < -0.39 is 60.0 Å². The summed E-state index contributed by atoms with van der Waals surface area (Å²) in [4.78, 5) is 64.5. The number of para-hydroxylation sites is 1. The van der Waals surface area contributed by atoms with Gasteiger partial charge in [-0.05, 0) is 44.7 Å². The maximum atomic E-state index is 13.4. The van der Waals surface area contributed by atoms with Crippen LogP contribution >= 0.6 is 0 Å². The molecule has 12 nitrogen and oxygen atoms in total. The van der Waals surface area contributed by atoms with Gasteiger partial charge in [0.15, 0.2) is 0 Å². The highest BCUT2D eigenvalue weighted by atomic mass is 16.6. The molecule has 1 heterocycles. The smallest absolute Gasteiger partial charge is 0.408 e. The normalized spacial score (nSPS) is 13.8. The zero-order chi connectivity index (χ0) is 28.6. The van der Waals surface area contributed by atoms with Gasteiger partial charge >= 0.3 is 18.0 Å². The number of alkyl carbamates (subject to hydrolysis) is 1. The number of carbonyl (C=O) groups excluding carboxylic acids is 3. The fourth-order valence-corrected chi connectivity index (χ4v) is 3.80. The van der Waals surface area contributed by atoms with Gasteiger partial charge in [0.1, 0.15) is 23.7 Å². The van der Waals surface area contributed by atoms with E-state index in [0.717, 1.165) is 16.5 Å². The van der Waals surface area contributed by atoms with E-state index in [1.165, 1.54) is 0 Å². The lowest BCUT2D eigenvalue weighted by atomic mass is 10.0. The van der Waals surface area contributed by atoms with Gasteiger partial charge in [-0.3, -0.25) is 14.4 Å². The van der Waals surface area contributed by atoms with Gasteiger partial charge < -0.3 is 35.9 Å². The van der Waals surface area contributed by atoms with Gasteiger partial charge in [-0.15, -0.1) is 0 Å². The first-order valence-electron chi connectivity index (χ1n) is 12.3. The highest BCUT2D eigenvalue weighted by Crippen LogP contribution is 2.20. The Balaban J connectivity index is 2.29. The lowest BCUT2D eigenvalue weighted by Gasteiger charge is -2.26. The zero-order valence-corrected chi connectivity index (χ0v) is 22.2. The highest BCUT2D eigenvalue weighted by Gasteiger charge is 2.32. The number of rotatable bonds is 12. The van der Waals surface area contributed by atoms with E-state index in [1.54, 1.807) is 40.8 Å². The summed E-state index contributed by atoms with van der Waals surface area (Å²) in [6.07, 6.45) is 0.288. The number of H-pyrrole nitrogens is 1. The van der Waals surface area contributed by atoms with E-state index in [4.69, 9.17) is 9.84 Å². The zero-order valence-electron chi connectivity index (χ0n) is 22.2. The number of aliphatic carboxylic acids is 2. The van der Waals surface area contributed by atoms with Gasteiger partial charge in [0.2, 0.25) is 11.8 Å². The number of carbonyl (C=O) groups is 5. The number of carboxylic acids is 2. The van der Waals surface area contributed by atoms with Gasteiger partial charge in [0.05, 0.1) is 6.42 Å². The molecule has 208 valence electrons. The monoisotopic (exact) mass is 532 g/mol. The second kappa shape index (κ2) is 12.9. The molecule has 2 aromatic rings. The number of aromatic nitrogens is 1. The van der Waals surface area contributed by atoms with Crippen molar-refractivity contribution in [1.29, 1.82) is 0 Å². The van der Waals surface area contributed by atoms with Crippen LogP contribution in [0.1, 0.15) is 53.0 Å². The summed E-state index contributed by atoms with van der Waals surface area (Å²) in [7, 11) is 0. The molecule has 6 N–H and O–H groups in total. The van der Waals surface area contributed by atoms with Crippen LogP contribution in [0.4, 0.5) is 4.79 Å². The molecule has 3 amide bonds. The van der Waals surface area contributed by atoms with E-state index in [-0.39, 0.29) is 18.8 Å². The minimum Gasteiger partial charge on any atom is -0.481 e. The lowest BCUT2D eigenvalue weighted by molar-refractivity contribution is -0.147. The number of aromatic amines is 1. The third-order valence-corrected chi connectivity index (χ3v) is 5.44. The highest BCUT2D eigenvalue weighted by molar-refractivity contribution is 5.94. The Morgan fingerprint density at radius 3 is 2.11 bits per heavy atom. The van der Waals surface area contributed by atoms with E-state index in [9.17, 15) is 29.1 Å². The summed E-state index contributed by atoms with van der Waals surface area (Å²) in [6, 6.07) is 3.45. The average Bonchev–Trinajstić information content (AvgIpc) is 3.18. The Morgan fingerprint density at radius 1 is 0.921 bits per heavy atom. The molecule has 0 fully saturated rings. The molecule has 1 aromatic carbocycles. The first kappa shape index (κ1) is 30.1. The fourth-order valence-electron chi connectivity index (χ4n) is 3.80. The van der Waals surface area contributed by atoms with Crippen molar-refractivity contribution in [2.45, 2.75) is 77.6 Å².